The summed E-state index contributed by atoms with van der Waals surface area (Å²) in [5, 5.41) is 0. The molecule has 3 aliphatic rings. The molecule has 7 nitrogen and oxygen atoms in total. The summed E-state index contributed by atoms with van der Waals surface area (Å²) in [6, 6.07) is 12.2. The van der Waals surface area contributed by atoms with Gasteiger partial charge in [-0.2, -0.15) is 0 Å². The van der Waals surface area contributed by atoms with E-state index >= 15 is 0 Å². The molecule has 0 aromatic heterocycles. The predicted octanol–water partition coefficient (Wildman–Crippen LogP) is 3.77. The Morgan fingerprint density at radius 3 is 2.50 bits per heavy atom. The molecule has 0 saturated carbocycles. The van der Waals surface area contributed by atoms with E-state index in [1.54, 1.807) is 30.9 Å². The third-order valence-corrected chi connectivity index (χ3v) is 7.00. The molecule has 3 heterocycles. The zero-order valence-electron chi connectivity index (χ0n) is 18.6. The van der Waals surface area contributed by atoms with Crippen molar-refractivity contribution in [3.8, 4) is 5.75 Å². The molecule has 0 unspecified atom stereocenters. The topological polar surface area (TPSA) is 76.2 Å². The second-order valence-corrected chi connectivity index (χ2v) is 8.97. The maximum atomic E-state index is 13.9. The number of hydrogen-bond acceptors (Lipinski definition) is 5. The lowest BCUT2D eigenvalue weighted by Crippen LogP contribution is -2.51. The van der Waals surface area contributed by atoms with E-state index < -0.39 is 35.4 Å². The summed E-state index contributed by atoms with van der Waals surface area (Å²) in [6.07, 6.45) is 0. The molecule has 0 N–H and O–H groups in total. The second-order valence-electron chi connectivity index (χ2n) is 8.97. The highest BCUT2D eigenvalue weighted by Crippen LogP contribution is 2.58. The summed E-state index contributed by atoms with van der Waals surface area (Å²) in [7, 11) is 0. The number of aryl methyl sites for hydroxylation is 2. The fourth-order valence-electron chi connectivity index (χ4n) is 5.54. The van der Waals surface area contributed by atoms with Gasteiger partial charge in [-0.3, -0.25) is 9.59 Å². The van der Waals surface area contributed by atoms with Crippen LogP contribution in [0.3, 0.4) is 0 Å². The smallest absolute Gasteiger partial charge is 0.332 e. The van der Waals surface area contributed by atoms with E-state index in [1.807, 2.05) is 44.2 Å². The van der Waals surface area contributed by atoms with E-state index in [-0.39, 0.29) is 19.1 Å². The third kappa shape index (κ3) is 2.63. The number of carbonyl (C=O) groups is 3. The molecule has 2 aromatic rings. The van der Waals surface area contributed by atoms with E-state index in [0.717, 1.165) is 16.7 Å². The van der Waals surface area contributed by atoms with Crippen molar-refractivity contribution in [1.29, 1.82) is 0 Å². The molecule has 3 aliphatic heterocycles. The van der Waals surface area contributed by atoms with Crippen molar-refractivity contribution < 1.29 is 23.9 Å². The van der Waals surface area contributed by atoms with Crippen LogP contribution in [0.1, 0.15) is 36.6 Å². The first-order valence-corrected chi connectivity index (χ1v) is 10.9. The van der Waals surface area contributed by atoms with E-state index in [4.69, 9.17) is 9.47 Å². The lowest BCUT2D eigenvalue weighted by molar-refractivity contribution is -0.154. The number of hydrogen-bond donors (Lipinski definition) is 0. The third-order valence-electron chi connectivity index (χ3n) is 7.00. The van der Waals surface area contributed by atoms with Crippen LogP contribution in [0.2, 0.25) is 0 Å². The van der Waals surface area contributed by atoms with Gasteiger partial charge in [0.05, 0.1) is 30.9 Å². The minimum Gasteiger partial charge on any atom is -0.493 e. The summed E-state index contributed by atoms with van der Waals surface area (Å²) >= 11 is 0. The number of amides is 3. The van der Waals surface area contributed by atoms with E-state index in [0.29, 0.717) is 11.4 Å². The van der Waals surface area contributed by atoms with Crippen molar-refractivity contribution in [3.63, 3.8) is 0 Å². The molecule has 32 heavy (non-hydrogen) atoms. The molecular formula is C25H26N2O5. The number of ether oxygens (including phenoxy) is 2. The van der Waals surface area contributed by atoms with Crippen LogP contribution >= 0.6 is 0 Å². The summed E-state index contributed by atoms with van der Waals surface area (Å²) in [4.78, 5) is 43.6. The van der Waals surface area contributed by atoms with Gasteiger partial charge in [-0.05, 0) is 45.9 Å². The first-order valence-electron chi connectivity index (χ1n) is 10.9. The van der Waals surface area contributed by atoms with Crippen LogP contribution < -0.4 is 9.64 Å². The number of rotatable bonds is 3. The Hall–Kier alpha value is -3.35. The molecule has 0 radical (unpaired) electrons. The Bertz CT molecular complexity index is 1130. The highest BCUT2D eigenvalue weighted by molar-refractivity contribution is 6.24. The lowest BCUT2D eigenvalue weighted by Gasteiger charge is -2.34. The first kappa shape index (κ1) is 20.5. The van der Waals surface area contributed by atoms with Crippen LogP contribution in [0.4, 0.5) is 10.5 Å². The normalized spacial score (nSPS) is 28.2. The monoisotopic (exact) mass is 434 g/mol. The summed E-state index contributed by atoms with van der Waals surface area (Å²) in [6.45, 7) is 7.78. The van der Waals surface area contributed by atoms with Gasteiger partial charge in [0, 0.05) is 11.5 Å². The maximum absolute atomic E-state index is 13.9. The lowest BCUT2D eigenvalue weighted by atomic mass is 9.77. The fraction of sp³-hybridized carbons (Fsp3) is 0.400. The van der Waals surface area contributed by atoms with E-state index in [1.165, 1.54) is 4.90 Å². The van der Waals surface area contributed by atoms with Gasteiger partial charge in [-0.1, -0.05) is 35.4 Å². The van der Waals surface area contributed by atoms with Gasteiger partial charge in [0.1, 0.15) is 11.3 Å². The minimum atomic E-state index is -1.36. The Morgan fingerprint density at radius 1 is 1.12 bits per heavy atom. The number of benzene rings is 2. The van der Waals surface area contributed by atoms with Gasteiger partial charge in [-0.25, -0.2) is 9.69 Å². The summed E-state index contributed by atoms with van der Waals surface area (Å²) in [5.41, 5.74) is 2.00. The average molecular weight is 434 g/mol. The van der Waals surface area contributed by atoms with E-state index in [9.17, 15) is 14.4 Å². The standard InChI is InChI=1S/C25H26N2O5/c1-5-31-22(28)20-18-13-32-19-11-8-15(3)12-17(19)21(18)27-24(30)26(23(29)25(20,27)4)16-9-6-14(2)7-10-16/h6-12,18,20-21H,5,13H2,1-4H3/t18-,20+,21+,25+/m1/s1. The molecule has 2 saturated heterocycles. The van der Waals surface area contributed by atoms with Crippen molar-refractivity contribution in [2.45, 2.75) is 39.3 Å². The number of fused-ring (bicyclic) bond motifs is 5. The number of carbonyl (C=O) groups excluding carboxylic acids is 3. The molecule has 0 aliphatic carbocycles. The Labute approximate surface area is 186 Å². The van der Waals surface area contributed by atoms with Gasteiger partial charge in [0.25, 0.3) is 5.91 Å². The number of anilines is 1. The Morgan fingerprint density at radius 2 is 1.81 bits per heavy atom. The molecule has 5 rings (SSSR count). The molecule has 3 amide bonds. The zero-order valence-corrected chi connectivity index (χ0v) is 18.6. The fourth-order valence-corrected chi connectivity index (χ4v) is 5.54. The maximum Gasteiger partial charge on any atom is 0.332 e. The van der Waals surface area contributed by atoms with Crippen molar-refractivity contribution in [3.05, 3.63) is 59.2 Å². The van der Waals surface area contributed by atoms with Crippen molar-refractivity contribution >= 4 is 23.6 Å². The van der Waals surface area contributed by atoms with Gasteiger partial charge in [-0.15, -0.1) is 0 Å². The molecule has 0 bridgehead atoms. The number of imide groups is 1. The van der Waals surface area contributed by atoms with Crippen LogP contribution in [0.5, 0.6) is 5.75 Å². The van der Waals surface area contributed by atoms with Crippen LogP contribution in [-0.4, -0.2) is 41.6 Å². The second kappa shape index (κ2) is 7.08. The Kier molecular flexibility index (Phi) is 4.55. The molecule has 2 aromatic carbocycles. The van der Waals surface area contributed by atoms with Gasteiger partial charge < -0.3 is 14.4 Å². The SMILES string of the molecule is CCOC(=O)[C@@H]1[C@H]2COc3ccc(C)cc3[C@@H]2N2C(=O)N(c3ccc(C)cc3)C(=O)[C@]12C. The number of nitrogens with zero attached hydrogens (tertiary/aromatic N) is 2. The van der Waals surface area contributed by atoms with Gasteiger partial charge in [0.15, 0.2) is 0 Å². The molecule has 0 spiro atoms. The number of urea groups is 1. The summed E-state index contributed by atoms with van der Waals surface area (Å²) in [5.74, 6) is -1.40. The van der Waals surface area contributed by atoms with Crippen molar-refractivity contribution in [1.82, 2.24) is 4.90 Å². The zero-order chi connectivity index (χ0) is 22.8. The van der Waals surface area contributed by atoms with Gasteiger partial charge >= 0.3 is 12.0 Å². The number of esters is 1. The van der Waals surface area contributed by atoms with E-state index in [2.05, 4.69) is 0 Å². The molecule has 7 heteroatoms. The van der Waals surface area contributed by atoms with Gasteiger partial charge in [0.2, 0.25) is 0 Å². The molecule has 2 fully saturated rings. The molecule has 4 atom stereocenters. The van der Waals surface area contributed by atoms with Crippen molar-refractivity contribution in [2.75, 3.05) is 18.1 Å². The first-order chi connectivity index (χ1) is 15.3. The predicted molar refractivity (Wildman–Crippen MR) is 117 cm³/mol. The highest BCUT2D eigenvalue weighted by Gasteiger charge is 2.72. The van der Waals surface area contributed by atoms with Crippen LogP contribution in [0.25, 0.3) is 0 Å². The van der Waals surface area contributed by atoms with Crippen LogP contribution in [-0.2, 0) is 14.3 Å². The summed E-state index contributed by atoms with van der Waals surface area (Å²) < 4.78 is 11.4. The quantitative estimate of drug-likeness (QED) is 0.543. The van der Waals surface area contributed by atoms with Crippen molar-refractivity contribution in [2.24, 2.45) is 11.8 Å². The largest absolute Gasteiger partial charge is 0.493 e. The molecular weight excluding hydrogens is 408 g/mol. The molecule has 166 valence electrons. The minimum absolute atomic E-state index is 0.198. The Balaban J connectivity index is 1.69. The van der Waals surface area contributed by atoms with Crippen LogP contribution in [0.15, 0.2) is 42.5 Å². The van der Waals surface area contributed by atoms with Crippen LogP contribution in [0, 0.1) is 25.7 Å². The highest BCUT2D eigenvalue weighted by atomic mass is 16.5. The average Bonchev–Trinajstić information content (AvgIpc) is 3.14.